The van der Waals surface area contributed by atoms with Crippen LogP contribution in [0.2, 0.25) is 0 Å². The molecule has 1 atom stereocenters. The Bertz CT molecular complexity index is 1570. The van der Waals surface area contributed by atoms with E-state index in [2.05, 4.69) is 10.6 Å². The number of amides is 3. The fourth-order valence-electron chi connectivity index (χ4n) is 5.87. The van der Waals surface area contributed by atoms with Crippen LogP contribution in [0, 0.1) is 0 Å². The van der Waals surface area contributed by atoms with Gasteiger partial charge >= 0.3 is 6.09 Å². The van der Waals surface area contributed by atoms with E-state index in [0.717, 1.165) is 34.4 Å². The molecule has 0 spiro atoms. The lowest BCUT2D eigenvalue weighted by Crippen LogP contribution is -2.48. The zero-order valence-corrected chi connectivity index (χ0v) is 26.6. The minimum absolute atomic E-state index is 0.0831. The van der Waals surface area contributed by atoms with Crippen molar-refractivity contribution in [2.75, 3.05) is 11.4 Å². The highest BCUT2D eigenvalue weighted by atomic mass is 16.6. The number of fused-ring (bicyclic) bond motifs is 1. The number of hydrogen-bond donors (Lipinski definition) is 2. The molecular weight excluding hydrogens is 574 g/mol. The summed E-state index contributed by atoms with van der Waals surface area (Å²) in [4.78, 5) is 41.7. The predicted molar refractivity (Wildman–Crippen MR) is 181 cm³/mol. The molecule has 0 saturated carbocycles. The zero-order valence-electron chi connectivity index (χ0n) is 26.6. The lowest BCUT2D eigenvalue weighted by molar-refractivity contribution is -0.122. The lowest BCUT2D eigenvalue weighted by Gasteiger charge is -2.37. The number of nitrogens with zero attached hydrogens (tertiary/aromatic N) is 1. The number of carbonyl (C=O) groups excluding carboxylic acids is 3. The van der Waals surface area contributed by atoms with E-state index in [9.17, 15) is 14.4 Å². The van der Waals surface area contributed by atoms with Gasteiger partial charge in [0, 0.05) is 24.7 Å². The minimum Gasteiger partial charge on any atom is -0.444 e. The van der Waals surface area contributed by atoms with Gasteiger partial charge in [-0.25, -0.2) is 4.79 Å². The second-order valence-electron chi connectivity index (χ2n) is 12.4. The molecule has 1 aliphatic rings. The van der Waals surface area contributed by atoms with Crippen molar-refractivity contribution in [2.24, 2.45) is 0 Å². The first-order valence-corrected chi connectivity index (χ1v) is 15.7. The second kappa shape index (κ2) is 14.3. The van der Waals surface area contributed by atoms with Gasteiger partial charge in [0.1, 0.15) is 11.1 Å². The first kappa shape index (κ1) is 32.2. The van der Waals surface area contributed by atoms with Crippen molar-refractivity contribution in [1.29, 1.82) is 0 Å². The van der Waals surface area contributed by atoms with E-state index in [1.165, 1.54) is 6.08 Å². The fourth-order valence-corrected chi connectivity index (χ4v) is 5.87. The van der Waals surface area contributed by atoms with Gasteiger partial charge in [-0.2, -0.15) is 0 Å². The number of carbonyl (C=O) groups is 3. The SMILES string of the molecule is CC(C)(C)OC(=O)N[C@H](/C=C/C(=O)N1CCc2ccccc21)CCC(=O)NC(c1ccccc1)(c1ccccc1)c1ccccc1. The van der Waals surface area contributed by atoms with Crippen molar-refractivity contribution in [1.82, 2.24) is 10.6 Å². The lowest BCUT2D eigenvalue weighted by atomic mass is 9.77. The van der Waals surface area contributed by atoms with E-state index in [4.69, 9.17) is 4.74 Å². The summed E-state index contributed by atoms with van der Waals surface area (Å²) in [7, 11) is 0. The Kier molecular flexibility index (Phi) is 10.0. The van der Waals surface area contributed by atoms with Gasteiger partial charge in [-0.05, 0) is 61.9 Å². The summed E-state index contributed by atoms with van der Waals surface area (Å²) in [5.74, 6) is -0.387. The molecule has 2 N–H and O–H groups in total. The zero-order chi connectivity index (χ0) is 32.6. The Hall–Kier alpha value is -5.17. The highest BCUT2D eigenvalue weighted by Gasteiger charge is 2.38. The molecule has 5 rings (SSSR count). The van der Waals surface area contributed by atoms with Crippen LogP contribution < -0.4 is 15.5 Å². The summed E-state index contributed by atoms with van der Waals surface area (Å²) in [5, 5.41) is 6.22. The molecule has 46 heavy (non-hydrogen) atoms. The maximum Gasteiger partial charge on any atom is 0.408 e. The quantitative estimate of drug-likeness (QED) is 0.150. The maximum atomic E-state index is 13.9. The molecule has 0 bridgehead atoms. The Morgan fingerprint density at radius 3 is 1.85 bits per heavy atom. The van der Waals surface area contributed by atoms with E-state index >= 15 is 0 Å². The topological polar surface area (TPSA) is 87.7 Å². The molecule has 3 amide bonds. The first-order chi connectivity index (χ1) is 22.2. The van der Waals surface area contributed by atoms with Crippen molar-refractivity contribution >= 4 is 23.6 Å². The highest BCUT2D eigenvalue weighted by Crippen LogP contribution is 2.37. The van der Waals surface area contributed by atoms with Gasteiger partial charge in [0.2, 0.25) is 5.91 Å². The number of benzene rings is 4. The first-order valence-electron chi connectivity index (χ1n) is 15.7. The predicted octanol–water partition coefficient (Wildman–Crippen LogP) is 6.91. The molecule has 7 nitrogen and oxygen atoms in total. The Balaban J connectivity index is 1.39. The van der Waals surface area contributed by atoms with Crippen LogP contribution in [0.3, 0.4) is 0 Å². The van der Waals surface area contributed by atoms with Crippen molar-refractivity contribution in [3.63, 3.8) is 0 Å². The van der Waals surface area contributed by atoms with Crippen LogP contribution in [-0.4, -0.2) is 36.1 Å². The van der Waals surface area contributed by atoms with Crippen molar-refractivity contribution in [2.45, 2.75) is 57.2 Å². The molecule has 0 fully saturated rings. The fraction of sp³-hybridized carbons (Fsp3) is 0.256. The Labute approximate surface area is 271 Å². The molecule has 1 heterocycles. The van der Waals surface area contributed by atoms with Crippen LogP contribution in [0.25, 0.3) is 0 Å². The third kappa shape index (κ3) is 7.72. The number of anilines is 1. The van der Waals surface area contributed by atoms with Gasteiger partial charge in [-0.3, -0.25) is 9.59 Å². The Morgan fingerprint density at radius 1 is 0.783 bits per heavy atom. The van der Waals surface area contributed by atoms with E-state index in [1.807, 2.05) is 115 Å². The van der Waals surface area contributed by atoms with E-state index in [-0.39, 0.29) is 24.7 Å². The molecule has 0 aromatic heterocycles. The molecule has 4 aromatic carbocycles. The number of nitrogens with one attached hydrogen (secondary N) is 2. The van der Waals surface area contributed by atoms with Crippen LogP contribution in [0.5, 0.6) is 0 Å². The van der Waals surface area contributed by atoms with E-state index < -0.39 is 23.3 Å². The molecule has 0 aliphatic carbocycles. The third-order valence-electron chi connectivity index (χ3n) is 7.96. The van der Waals surface area contributed by atoms with Crippen LogP contribution in [-0.2, 0) is 26.3 Å². The van der Waals surface area contributed by atoms with Gasteiger partial charge in [-0.1, -0.05) is 115 Å². The summed E-state index contributed by atoms with van der Waals surface area (Å²) in [6, 6.07) is 36.9. The smallest absolute Gasteiger partial charge is 0.408 e. The number of rotatable bonds is 10. The second-order valence-corrected chi connectivity index (χ2v) is 12.4. The molecule has 236 valence electrons. The molecule has 4 aromatic rings. The average molecular weight is 616 g/mol. The summed E-state index contributed by atoms with van der Waals surface area (Å²) < 4.78 is 5.50. The van der Waals surface area contributed by atoms with Gasteiger partial charge in [0.05, 0.1) is 6.04 Å². The van der Waals surface area contributed by atoms with Crippen LogP contribution >= 0.6 is 0 Å². The van der Waals surface area contributed by atoms with Crippen LogP contribution in [0.4, 0.5) is 10.5 Å². The molecule has 7 heteroatoms. The molecular formula is C39H41N3O4. The standard InChI is InChI=1S/C39H41N3O4/c1-38(2,3)46-37(45)40-33(24-26-36(44)42-28-27-29-15-13-14-22-34(29)42)23-25-35(43)41-39(30-16-7-4-8-17-30,31-18-9-5-10-19-31)32-20-11-6-12-21-32/h4-22,24,26,33H,23,25,27-28H2,1-3H3,(H,40,45)(H,41,43)/b26-24+/t33-/m0/s1. The monoisotopic (exact) mass is 615 g/mol. The Morgan fingerprint density at radius 2 is 1.30 bits per heavy atom. The van der Waals surface area contributed by atoms with E-state index in [0.29, 0.717) is 6.54 Å². The average Bonchev–Trinajstić information content (AvgIpc) is 3.49. The molecule has 0 unspecified atom stereocenters. The summed E-state index contributed by atoms with van der Waals surface area (Å²) >= 11 is 0. The van der Waals surface area contributed by atoms with Gasteiger partial charge in [0.25, 0.3) is 5.91 Å². The summed E-state index contributed by atoms with van der Waals surface area (Å²) in [5.41, 5.74) is 3.12. The van der Waals surface area contributed by atoms with Crippen LogP contribution in [0.1, 0.15) is 55.9 Å². The number of ether oxygens (including phenoxy) is 1. The summed E-state index contributed by atoms with van der Waals surface area (Å²) in [6.45, 7) is 5.95. The van der Waals surface area contributed by atoms with Crippen molar-refractivity contribution < 1.29 is 19.1 Å². The highest BCUT2D eigenvalue weighted by molar-refractivity contribution is 6.03. The summed E-state index contributed by atoms with van der Waals surface area (Å²) in [6.07, 6.45) is 3.64. The molecule has 1 aliphatic heterocycles. The third-order valence-corrected chi connectivity index (χ3v) is 7.96. The van der Waals surface area contributed by atoms with E-state index in [1.54, 1.807) is 31.7 Å². The number of para-hydroxylation sites is 1. The number of hydrogen-bond acceptors (Lipinski definition) is 4. The largest absolute Gasteiger partial charge is 0.444 e. The molecule has 0 saturated heterocycles. The van der Waals surface area contributed by atoms with Gasteiger partial charge in [0.15, 0.2) is 0 Å². The normalized spacial score (nSPS) is 13.6. The molecule has 0 radical (unpaired) electrons. The minimum atomic E-state index is -0.954. The van der Waals surface area contributed by atoms with Crippen molar-refractivity contribution in [3.8, 4) is 0 Å². The maximum absolute atomic E-state index is 13.9. The van der Waals surface area contributed by atoms with Gasteiger partial charge in [-0.15, -0.1) is 0 Å². The van der Waals surface area contributed by atoms with Gasteiger partial charge < -0.3 is 20.3 Å². The van der Waals surface area contributed by atoms with Crippen molar-refractivity contribution in [3.05, 3.63) is 150 Å². The van der Waals surface area contributed by atoms with Crippen LogP contribution in [0.15, 0.2) is 127 Å². The number of alkyl carbamates (subject to hydrolysis) is 1.